The van der Waals surface area contributed by atoms with Crippen LogP contribution in [0.4, 0.5) is 13.2 Å². The van der Waals surface area contributed by atoms with Crippen molar-refractivity contribution in [3.05, 3.63) is 23.8 Å². The van der Waals surface area contributed by atoms with Gasteiger partial charge in [0.15, 0.2) is 11.6 Å². The molecule has 0 N–H and O–H groups in total. The molecule has 9 heteroatoms. The molecule has 0 saturated heterocycles. The Morgan fingerprint density at radius 1 is 1.11 bits per heavy atom. The van der Waals surface area contributed by atoms with E-state index in [1.807, 2.05) is 0 Å². The van der Waals surface area contributed by atoms with Crippen LogP contribution in [0.1, 0.15) is 17.3 Å². The maximum Gasteiger partial charge on any atom is 0.434 e. The molecule has 1 aromatic rings. The van der Waals surface area contributed by atoms with Gasteiger partial charge in [-0.3, -0.25) is 14.6 Å². The first-order chi connectivity index (χ1) is 8.81. The van der Waals surface area contributed by atoms with Gasteiger partial charge in [0, 0.05) is 0 Å². The third kappa shape index (κ3) is 3.39. The first-order valence-corrected chi connectivity index (χ1v) is 4.86. The number of hydrogen-bond donors (Lipinski definition) is 0. The van der Waals surface area contributed by atoms with Crippen LogP contribution in [0.2, 0.25) is 0 Å². The van der Waals surface area contributed by atoms with Crippen molar-refractivity contribution >= 4 is 11.9 Å². The molecule has 0 amide bonds. The lowest BCUT2D eigenvalue weighted by atomic mass is 10.1. The predicted octanol–water partition coefficient (Wildman–Crippen LogP) is 0.925. The molecule has 0 bridgehead atoms. The molecule has 0 fully saturated rings. The summed E-state index contributed by atoms with van der Waals surface area (Å²) in [6, 6.07) is 0. The second kappa shape index (κ2) is 5.63. The van der Waals surface area contributed by atoms with Crippen molar-refractivity contribution in [2.75, 3.05) is 14.2 Å². The number of hydrogen-bond acceptors (Lipinski definition) is 6. The Morgan fingerprint density at radius 2 is 1.63 bits per heavy atom. The summed E-state index contributed by atoms with van der Waals surface area (Å²) in [5, 5.41) is 0. The van der Waals surface area contributed by atoms with Gasteiger partial charge in [-0.1, -0.05) is 0 Å². The highest BCUT2D eigenvalue weighted by Gasteiger charge is 2.36. The lowest BCUT2D eigenvalue weighted by Crippen LogP contribution is -2.25. The Bertz CT molecular complexity index is 457. The Kier molecular flexibility index (Phi) is 4.41. The predicted molar refractivity (Wildman–Crippen MR) is 53.8 cm³/mol. The normalized spacial score (nSPS) is 11.3. The van der Waals surface area contributed by atoms with Gasteiger partial charge in [0.05, 0.1) is 32.3 Å². The molecule has 6 nitrogen and oxygen atoms in total. The van der Waals surface area contributed by atoms with E-state index in [1.165, 1.54) is 0 Å². The van der Waals surface area contributed by atoms with Gasteiger partial charge in [-0.2, -0.15) is 13.2 Å². The molecule has 1 aromatic heterocycles. The molecule has 0 aliphatic rings. The van der Waals surface area contributed by atoms with Crippen molar-refractivity contribution in [3.8, 4) is 0 Å². The summed E-state index contributed by atoms with van der Waals surface area (Å²) in [6.07, 6.45) is -3.55. The number of ether oxygens (including phenoxy) is 2. The Hall–Kier alpha value is -2.19. The van der Waals surface area contributed by atoms with Crippen LogP contribution in [0.15, 0.2) is 12.4 Å². The number of halogens is 3. The zero-order chi connectivity index (χ0) is 14.6. The van der Waals surface area contributed by atoms with E-state index in [2.05, 4.69) is 19.4 Å². The topological polar surface area (TPSA) is 78.4 Å². The highest BCUT2D eigenvalue weighted by atomic mass is 19.4. The molecular weight excluding hydrogens is 269 g/mol. The van der Waals surface area contributed by atoms with Gasteiger partial charge in [-0.25, -0.2) is 4.98 Å². The van der Waals surface area contributed by atoms with E-state index in [0.717, 1.165) is 14.2 Å². The van der Waals surface area contributed by atoms with Crippen molar-refractivity contribution in [2.45, 2.75) is 12.1 Å². The van der Waals surface area contributed by atoms with Gasteiger partial charge in [0.2, 0.25) is 0 Å². The number of rotatable bonds is 3. The van der Waals surface area contributed by atoms with Crippen molar-refractivity contribution in [1.82, 2.24) is 9.97 Å². The average molecular weight is 278 g/mol. The van der Waals surface area contributed by atoms with E-state index in [4.69, 9.17) is 0 Å². The second-order valence-electron chi connectivity index (χ2n) is 3.30. The second-order valence-corrected chi connectivity index (χ2v) is 3.30. The Morgan fingerprint density at radius 3 is 1.95 bits per heavy atom. The highest BCUT2D eigenvalue weighted by molar-refractivity contribution is 6.00. The summed E-state index contributed by atoms with van der Waals surface area (Å²) in [7, 11) is 2.05. The van der Waals surface area contributed by atoms with Crippen molar-refractivity contribution in [1.29, 1.82) is 0 Å². The number of methoxy groups -OCH3 is 2. The number of carbonyl (C=O) groups is 2. The van der Waals surface area contributed by atoms with Crippen LogP contribution in [0.3, 0.4) is 0 Å². The molecule has 104 valence electrons. The molecule has 1 heterocycles. The number of esters is 2. The van der Waals surface area contributed by atoms with E-state index in [-0.39, 0.29) is 5.69 Å². The van der Waals surface area contributed by atoms with E-state index in [0.29, 0.717) is 12.4 Å². The van der Waals surface area contributed by atoms with Crippen LogP contribution in [-0.4, -0.2) is 36.1 Å². The minimum atomic E-state index is -4.66. The van der Waals surface area contributed by atoms with Crippen LogP contribution in [0, 0.1) is 0 Å². The molecule has 0 radical (unpaired) electrons. The van der Waals surface area contributed by atoms with Crippen molar-refractivity contribution < 1.29 is 32.2 Å². The Labute approximate surface area is 105 Å². The summed E-state index contributed by atoms with van der Waals surface area (Å²) in [5.74, 6) is -3.56. The van der Waals surface area contributed by atoms with Gasteiger partial charge < -0.3 is 9.47 Å². The molecule has 19 heavy (non-hydrogen) atoms. The van der Waals surface area contributed by atoms with E-state index in [9.17, 15) is 22.8 Å². The third-order valence-corrected chi connectivity index (χ3v) is 2.13. The summed E-state index contributed by atoms with van der Waals surface area (Å²) in [6.45, 7) is 0. The minimum Gasteiger partial charge on any atom is -0.468 e. The molecule has 1 rings (SSSR count). The molecule has 0 atom stereocenters. The summed E-state index contributed by atoms with van der Waals surface area (Å²) in [4.78, 5) is 29.3. The zero-order valence-corrected chi connectivity index (χ0v) is 9.89. The average Bonchev–Trinajstić information content (AvgIpc) is 2.38. The van der Waals surface area contributed by atoms with Crippen LogP contribution in [-0.2, 0) is 25.2 Å². The smallest absolute Gasteiger partial charge is 0.434 e. The zero-order valence-electron chi connectivity index (χ0n) is 9.89. The molecule has 0 aliphatic heterocycles. The first kappa shape index (κ1) is 14.9. The highest BCUT2D eigenvalue weighted by Crippen LogP contribution is 2.27. The van der Waals surface area contributed by atoms with Crippen molar-refractivity contribution in [2.24, 2.45) is 0 Å². The maximum absolute atomic E-state index is 12.3. The van der Waals surface area contributed by atoms with Gasteiger partial charge >= 0.3 is 18.1 Å². The minimum absolute atomic E-state index is 0.285. The fourth-order valence-corrected chi connectivity index (χ4v) is 1.21. The molecule has 0 unspecified atom stereocenters. The van der Waals surface area contributed by atoms with Crippen LogP contribution >= 0.6 is 0 Å². The van der Waals surface area contributed by atoms with Crippen LogP contribution < -0.4 is 0 Å². The third-order valence-electron chi connectivity index (χ3n) is 2.13. The number of carbonyl (C=O) groups excluding carboxylic acids is 2. The molecule has 0 spiro atoms. The Balaban J connectivity index is 3.11. The SMILES string of the molecule is COC(=O)C(C(=O)OC)c1cnc(C(F)(F)F)cn1. The van der Waals surface area contributed by atoms with Crippen molar-refractivity contribution in [3.63, 3.8) is 0 Å². The maximum atomic E-state index is 12.3. The standard InChI is InChI=1S/C10H9F3N2O4/c1-18-8(16)7(9(17)19-2)5-3-15-6(4-14-5)10(11,12)13/h3-4,7H,1-2H3. The number of aromatic nitrogens is 2. The monoisotopic (exact) mass is 278 g/mol. The summed E-state index contributed by atoms with van der Waals surface area (Å²) in [5.41, 5.74) is -1.52. The summed E-state index contributed by atoms with van der Waals surface area (Å²) >= 11 is 0. The van der Waals surface area contributed by atoms with Crippen LogP contribution in [0.5, 0.6) is 0 Å². The summed E-state index contributed by atoms with van der Waals surface area (Å²) < 4.78 is 45.6. The number of alkyl halides is 3. The molecule has 0 aromatic carbocycles. The lowest BCUT2D eigenvalue weighted by molar-refractivity contribution is -0.154. The molecule has 0 aliphatic carbocycles. The van der Waals surface area contributed by atoms with Crippen LogP contribution in [0.25, 0.3) is 0 Å². The van der Waals surface area contributed by atoms with Gasteiger partial charge in [0.25, 0.3) is 0 Å². The molecule has 0 saturated carbocycles. The fourth-order valence-electron chi connectivity index (χ4n) is 1.21. The first-order valence-electron chi connectivity index (χ1n) is 4.86. The van der Waals surface area contributed by atoms with Gasteiger partial charge in [0.1, 0.15) is 0 Å². The molecular formula is C10H9F3N2O4. The number of nitrogens with zero attached hydrogens (tertiary/aromatic N) is 2. The quantitative estimate of drug-likeness (QED) is 0.604. The lowest BCUT2D eigenvalue weighted by Gasteiger charge is -2.12. The van der Waals surface area contributed by atoms with Gasteiger partial charge in [-0.05, 0) is 0 Å². The van der Waals surface area contributed by atoms with E-state index in [1.54, 1.807) is 0 Å². The van der Waals surface area contributed by atoms with Gasteiger partial charge in [-0.15, -0.1) is 0 Å². The van der Waals surface area contributed by atoms with E-state index < -0.39 is 29.7 Å². The fraction of sp³-hybridized carbons (Fsp3) is 0.400. The van der Waals surface area contributed by atoms with E-state index >= 15 is 0 Å². The largest absolute Gasteiger partial charge is 0.468 e.